The van der Waals surface area contributed by atoms with E-state index in [-0.39, 0.29) is 0 Å². The Kier molecular flexibility index (Phi) is 2.41. The molecule has 2 aliphatic rings. The second kappa shape index (κ2) is 4.05. The Labute approximate surface area is 96.5 Å². The van der Waals surface area contributed by atoms with Crippen LogP contribution in [-0.4, -0.2) is 29.4 Å². The lowest BCUT2D eigenvalue weighted by Gasteiger charge is -2.25. The fourth-order valence-electron chi connectivity index (χ4n) is 2.37. The maximum absolute atomic E-state index is 2.46. The number of hydrogen-bond acceptors (Lipinski definition) is 2. The van der Waals surface area contributed by atoms with Crippen LogP contribution in [0, 0.1) is 0 Å². The van der Waals surface area contributed by atoms with Crippen LogP contribution in [0.3, 0.4) is 0 Å². The maximum atomic E-state index is 2.46. The number of nitrogens with zero attached hydrogens (tertiary/aromatic N) is 2. The van der Waals surface area contributed by atoms with E-state index in [1.807, 2.05) is 0 Å². The minimum absolute atomic E-state index is 1.02. The molecule has 0 N–H and O–H groups in total. The molecule has 0 spiro atoms. The first kappa shape index (κ1) is 9.52. The normalized spacial score (nSPS) is 18.6. The van der Waals surface area contributed by atoms with Crippen molar-refractivity contribution in [2.45, 2.75) is 6.54 Å². The minimum atomic E-state index is 1.02. The number of benzene rings is 1. The van der Waals surface area contributed by atoms with Crippen molar-refractivity contribution < 1.29 is 0 Å². The fourth-order valence-corrected chi connectivity index (χ4v) is 2.37. The van der Waals surface area contributed by atoms with Gasteiger partial charge in [0.2, 0.25) is 0 Å². The molecule has 0 bridgehead atoms. The zero-order chi connectivity index (χ0) is 10.8. The number of fused-ring (bicyclic) bond motifs is 1. The van der Waals surface area contributed by atoms with Crippen LogP contribution < -0.4 is 0 Å². The predicted octanol–water partition coefficient (Wildman–Crippen LogP) is 2.22. The average Bonchev–Trinajstić information content (AvgIpc) is 2.74. The first-order chi connectivity index (χ1) is 7.93. The summed E-state index contributed by atoms with van der Waals surface area (Å²) in [7, 11) is 0. The smallest absolute Gasteiger partial charge is 0.105 e. The second-order valence-corrected chi connectivity index (χ2v) is 4.31. The highest BCUT2D eigenvalue weighted by Gasteiger charge is 2.24. The molecule has 0 aliphatic carbocycles. The molecule has 0 atom stereocenters. The molecule has 2 heteroatoms. The van der Waals surface area contributed by atoms with Crippen molar-refractivity contribution in [3.8, 4) is 0 Å². The summed E-state index contributed by atoms with van der Waals surface area (Å²) in [6, 6.07) is 10.7. The monoisotopic (exact) mass is 212 g/mol. The highest BCUT2D eigenvalue weighted by Crippen LogP contribution is 2.22. The van der Waals surface area contributed by atoms with E-state index in [4.69, 9.17) is 0 Å². The Morgan fingerprint density at radius 1 is 1.06 bits per heavy atom. The molecular weight excluding hydrogens is 196 g/mol. The SMILES string of the molecule is C1=CCN2CCN(Cc3ccccc3)C2=C1. The Balaban J connectivity index is 1.77. The van der Waals surface area contributed by atoms with Gasteiger partial charge in [-0.05, 0) is 11.6 Å². The molecule has 0 amide bonds. The molecule has 0 aromatic heterocycles. The molecule has 16 heavy (non-hydrogen) atoms. The molecule has 1 saturated heterocycles. The Morgan fingerprint density at radius 3 is 2.81 bits per heavy atom. The number of hydrogen-bond donors (Lipinski definition) is 0. The van der Waals surface area contributed by atoms with E-state index in [0.29, 0.717) is 0 Å². The maximum Gasteiger partial charge on any atom is 0.105 e. The van der Waals surface area contributed by atoms with Gasteiger partial charge in [-0.3, -0.25) is 0 Å². The van der Waals surface area contributed by atoms with E-state index < -0.39 is 0 Å². The third kappa shape index (κ3) is 1.71. The summed E-state index contributed by atoms with van der Waals surface area (Å²) in [6.07, 6.45) is 6.60. The van der Waals surface area contributed by atoms with Gasteiger partial charge in [-0.2, -0.15) is 0 Å². The fraction of sp³-hybridized carbons (Fsp3) is 0.286. The Bertz CT molecular complexity index is 420. The molecule has 0 saturated carbocycles. The summed E-state index contributed by atoms with van der Waals surface area (Å²) in [4.78, 5) is 4.89. The summed E-state index contributed by atoms with van der Waals surface area (Å²) >= 11 is 0. The first-order valence-electron chi connectivity index (χ1n) is 5.84. The molecule has 1 fully saturated rings. The summed E-state index contributed by atoms with van der Waals surface area (Å²) in [5.41, 5.74) is 1.39. The average molecular weight is 212 g/mol. The molecule has 3 rings (SSSR count). The zero-order valence-corrected chi connectivity index (χ0v) is 9.34. The largest absolute Gasteiger partial charge is 0.353 e. The van der Waals surface area contributed by atoms with Gasteiger partial charge < -0.3 is 9.80 Å². The van der Waals surface area contributed by atoms with E-state index >= 15 is 0 Å². The molecule has 2 heterocycles. The van der Waals surface area contributed by atoms with Gasteiger partial charge in [0.1, 0.15) is 5.82 Å². The zero-order valence-electron chi connectivity index (χ0n) is 9.34. The molecule has 2 nitrogen and oxygen atoms in total. The predicted molar refractivity (Wildman–Crippen MR) is 65.6 cm³/mol. The van der Waals surface area contributed by atoms with Gasteiger partial charge >= 0.3 is 0 Å². The van der Waals surface area contributed by atoms with E-state index in [1.165, 1.54) is 11.4 Å². The standard InChI is InChI=1S/C14H16N2/c1-2-6-13(7-3-1)12-16-11-10-15-9-5-4-8-14(15)16/h1-8H,9-12H2. The summed E-state index contributed by atoms with van der Waals surface area (Å²) < 4.78 is 0. The highest BCUT2D eigenvalue weighted by atomic mass is 15.4. The van der Waals surface area contributed by atoms with Crippen LogP contribution in [0.1, 0.15) is 5.56 Å². The van der Waals surface area contributed by atoms with Crippen molar-refractivity contribution in [2.75, 3.05) is 19.6 Å². The van der Waals surface area contributed by atoms with Crippen molar-refractivity contribution in [3.63, 3.8) is 0 Å². The molecule has 0 unspecified atom stereocenters. The number of allylic oxidation sites excluding steroid dienone is 2. The molecule has 82 valence electrons. The van der Waals surface area contributed by atoms with Crippen molar-refractivity contribution in [3.05, 3.63) is 59.9 Å². The highest BCUT2D eigenvalue weighted by molar-refractivity contribution is 5.22. The molecule has 0 radical (unpaired) electrons. The van der Waals surface area contributed by atoms with Crippen molar-refractivity contribution >= 4 is 0 Å². The van der Waals surface area contributed by atoms with Crippen LogP contribution in [-0.2, 0) is 6.54 Å². The lowest BCUT2D eigenvalue weighted by atomic mass is 10.2. The van der Waals surface area contributed by atoms with Gasteiger partial charge in [0.05, 0.1) is 0 Å². The van der Waals surface area contributed by atoms with Gasteiger partial charge in [0.15, 0.2) is 0 Å². The lowest BCUT2D eigenvalue weighted by molar-refractivity contribution is 0.344. The van der Waals surface area contributed by atoms with E-state index in [9.17, 15) is 0 Å². The van der Waals surface area contributed by atoms with Crippen LogP contribution in [0.2, 0.25) is 0 Å². The number of rotatable bonds is 2. The first-order valence-corrected chi connectivity index (χ1v) is 5.84. The quantitative estimate of drug-likeness (QED) is 0.741. The summed E-state index contributed by atoms with van der Waals surface area (Å²) in [5.74, 6) is 1.38. The van der Waals surface area contributed by atoms with Crippen LogP contribution in [0.15, 0.2) is 54.4 Å². The topological polar surface area (TPSA) is 6.48 Å². The van der Waals surface area contributed by atoms with Gasteiger partial charge in [-0.25, -0.2) is 0 Å². The van der Waals surface area contributed by atoms with E-state index in [0.717, 1.165) is 26.2 Å². The Hall–Kier alpha value is -1.70. The van der Waals surface area contributed by atoms with Crippen LogP contribution in [0.25, 0.3) is 0 Å². The van der Waals surface area contributed by atoms with E-state index in [2.05, 4.69) is 58.4 Å². The van der Waals surface area contributed by atoms with Crippen LogP contribution in [0.5, 0.6) is 0 Å². The van der Waals surface area contributed by atoms with Crippen molar-refractivity contribution in [1.82, 2.24) is 9.80 Å². The third-order valence-corrected chi connectivity index (χ3v) is 3.21. The molecule has 2 aliphatic heterocycles. The summed E-state index contributed by atoms with van der Waals surface area (Å²) in [6.45, 7) is 4.39. The van der Waals surface area contributed by atoms with Gasteiger partial charge in [-0.1, -0.05) is 42.5 Å². The van der Waals surface area contributed by atoms with Crippen LogP contribution in [0.4, 0.5) is 0 Å². The van der Waals surface area contributed by atoms with Gasteiger partial charge in [-0.15, -0.1) is 0 Å². The van der Waals surface area contributed by atoms with Crippen molar-refractivity contribution in [1.29, 1.82) is 0 Å². The van der Waals surface area contributed by atoms with Gasteiger partial charge in [0.25, 0.3) is 0 Å². The third-order valence-electron chi connectivity index (χ3n) is 3.21. The Morgan fingerprint density at radius 2 is 1.94 bits per heavy atom. The van der Waals surface area contributed by atoms with Gasteiger partial charge in [0, 0.05) is 26.2 Å². The minimum Gasteiger partial charge on any atom is -0.353 e. The van der Waals surface area contributed by atoms with E-state index in [1.54, 1.807) is 0 Å². The molecular formula is C14H16N2. The summed E-state index contributed by atoms with van der Waals surface area (Å²) in [5, 5.41) is 0. The second-order valence-electron chi connectivity index (χ2n) is 4.31. The molecule has 1 aromatic rings. The molecule has 1 aromatic carbocycles. The lowest BCUT2D eigenvalue weighted by Crippen LogP contribution is -2.24. The van der Waals surface area contributed by atoms with Crippen molar-refractivity contribution in [2.24, 2.45) is 0 Å². The van der Waals surface area contributed by atoms with Crippen LogP contribution >= 0.6 is 0 Å².